The summed E-state index contributed by atoms with van der Waals surface area (Å²) < 4.78 is 0. The molecule has 0 aromatic heterocycles. The third-order valence-corrected chi connectivity index (χ3v) is 5.16. The summed E-state index contributed by atoms with van der Waals surface area (Å²) in [7, 11) is 0. The standard InChI is InChI=1S/C16H29NO2/c1-16(2)9-7-13(8-10-16)15(19)17-14-5-3-12(11-18)4-6-14/h12-14,18H,3-11H2,1-2H3,(H,17,19). The average Bonchev–Trinajstić information content (AvgIpc) is 2.39. The first-order valence-electron chi connectivity index (χ1n) is 7.91. The topological polar surface area (TPSA) is 49.3 Å². The Morgan fingerprint density at radius 3 is 2.21 bits per heavy atom. The third kappa shape index (κ3) is 4.20. The van der Waals surface area contributed by atoms with Crippen LogP contribution in [0, 0.1) is 17.3 Å². The van der Waals surface area contributed by atoms with Gasteiger partial charge in [-0.25, -0.2) is 0 Å². The number of rotatable bonds is 3. The minimum Gasteiger partial charge on any atom is -0.396 e. The molecule has 2 rings (SSSR count). The summed E-state index contributed by atoms with van der Waals surface area (Å²) in [5, 5.41) is 12.4. The molecule has 2 fully saturated rings. The van der Waals surface area contributed by atoms with Gasteiger partial charge in [0.1, 0.15) is 0 Å². The van der Waals surface area contributed by atoms with E-state index < -0.39 is 0 Å². The highest BCUT2D eigenvalue weighted by molar-refractivity contribution is 5.79. The van der Waals surface area contributed by atoms with Gasteiger partial charge < -0.3 is 10.4 Å². The lowest BCUT2D eigenvalue weighted by Gasteiger charge is -2.35. The Bertz CT molecular complexity index is 296. The largest absolute Gasteiger partial charge is 0.396 e. The van der Waals surface area contributed by atoms with Gasteiger partial charge in [0.2, 0.25) is 5.91 Å². The molecular formula is C16H29NO2. The van der Waals surface area contributed by atoms with Crippen molar-refractivity contribution in [1.29, 1.82) is 0 Å². The first-order chi connectivity index (χ1) is 9.00. The molecule has 0 saturated heterocycles. The zero-order valence-corrected chi connectivity index (χ0v) is 12.5. The van der Waals surface area contributed by atoms with Gasteiger partial charge in [-0.1, -0.05) is 13.8 Å². The molecular weight excluding hydrogens is 238 g/mol. The van der Waals surface area contributed by atoms with E-state index in [2.05, 4.69) is 19.2 Å². The maximum absolute atomic E-state index is 12.3. The summed E-state index contributed by atoms with van der Waals surface area (Å²) in [5.41, 5.74) is 0.427. The number of amides is 1. The first kappa shape index (κ1) is 14.8. The monoisotopic (exact) mass is 267 g/mol. The molecule has 0 unspecified atom stereocenters. The van der Waals surface area contributed by atoms with Crippen molar-refractivity contribution in [3.63, 3.8) is 0 Å². The van der Waals surface area contributed by atoms with Gasteiger partial charge in [-0.3, -0.25) is 4.79 Å². The van der Waals surface area contributed by atoms with Crippen LogP contribution in [0.2, 0.25) is 0 Å². The normalized spacial score (nSPS) is 31.9. The van der Waals surface area contributed by atoms with Gasteiger partial charge in [0, 0.05) is 18.6 Å². The zero-order chi connectivity index (χ0) is 13.9. The van der Waals surface area contributed by atoms with Crippen LogP contribution in [0.25, 0.3) is 0 Å². The van der Waals surface area contributed by atoms with Gasteiger partial charge in [0.05, 0.1) is 0 Å². The van der Waals surface area contributed by atoms with Crippen LogP contribution in [-0.4, -0.2) is 23.7 Å². The van der Waals surface area contributed by atoms with Crippen molar-refractivity contribution in [1.82, 2.24) is 5.32 Å². The zero-order valence-electron chi connectivity index (χ0n) is 12.5. The molecule has 3 heteroatoms. The van der Waals surface area contributed by atoms with Gasteiger partial charge >= 0.3 is 0 Å². The number of carbonyl (C=O) groups excluding carboxylic acids is 1. The molecule has 0 heterocycles. The predicted octanol–water partition coefficient (Wildman–Crippen LogP) is 2.87. The highest BCUT2D eigenvalue weighted by atomic mass is 16.3. The smallest absolute Gasteiger partial charge is 0.223 e. The number of aliphatic hydroxyl groups excluding tert-OH is 1. The second-order valence-corrected chi connectivity index (χ2v) is 7.35. The highest BCUT2D eigenvalue weighted by Gasteiger charge is 2.31. The third-order valence-electron chi connectivity index (χ3n) is 5.16. The van der Waals surface area contributed by atoms with Crippen LogP contribution in [0.3, 0.4) is 0 Å². The summed E-state index contributed by atoms with van der Waals surface area (Å²) in [5.74, 6) is 0.982. The molecule has 0 radical (unpaired) electrons. The fourth-order valence-corrected chi connectivity index (χ4v) is 3.47. The SMILES string of the molecule is CC1(C)CCC(C(=O)NC2CCC(CO)CC2)CC1. The Morgan fingerprint density at radius 1 is 1.11 bits per heavy atom. The summed E-state index contributed by atoms with van der Waals surface area (Å²) >= 11 is 0. The first-order valence-corrected chi connectivity index (χ1v) is 7.91. The second kappa shape index (κ2) is 6.25. The fourth-order valence-electron chi connectivity index (χ4n) is 3.47. The lowest BCUT2D eigenvalue weighted by atomic mass is 9.73. The highest BCUT2D eigenvalue weighted by Crippen LogP contribution is 2.38. The summed E-state index contributed by atoms with van der Waals surface area (Å²) in [6.07, 6.45) is 8.61. The van der Waals surface area contributed by atoms with Gasteiger partial charge in [-0.2, -0.15) is 0 Å². The van der Waals surface area contributed by atoms with Crippen LogP contribution < -0.4 is 5.32 Å². The van der Waals surface area contributed by atoms with Crippen molar-refractivity contribution < 1.29 is 9.90 Å². The maximum Gasteiger partial charge on any atom is 0.223 e. The molecule has 2 N–H and O–H groups in total. The molecule has 110 valence electrons. The van der Waals surface area contributed by atoms with Crippen LogP contribution in [-0.2, 0) is 4.79 Å². The molecule has 2 saturated carbocycles. The minimum atomic E-state index is 0.239. The molecule has 19 heavy (non-hydrogen) atoms. The quantitative estimate of drug-likeness (QED) is 0.826. The van der Waals surface area contributed by atoms with E-state index in [1.54, 1.807) is 0 Å². The van der Waals surface area contributed by atoms with Crippen molar-refractivity contribution >= 4 is 5.91 Å². The Labute approximate surface area is 117 Å². The summed E-state index contributed by atoms with van der Waals surface area (Å²) in [4.78, 5) is 12.3. The lowest BCUT2D eigenvalue weighted by molar-refractivity contribution is -0.127. The van der Waals surface area contributed by atoms with Gasteiger partial charge in [-0.15, -0.1) is 0 Å². The molecule has 0 atom stereocenters. The fraction of sp³-hybridized carbons (Fsp3) is 0.938. The Morgan fingerprint density at radius 2 is 1.68 bits per heavy atom. The van der Waals surface area contributed by atoms with Crippen molar-refractivity contribution in [3.05, 3.63) is 0 Å². The van der Waals surface area contributed by atoms with E-state index in [4.69, 9.17) is 5.11 Å². The Kier molecular flexibility index (Phi) is 4.88. The van der Waals surface area contributed by atoms with Crippen LogP contribution >= 0.6 is 0 Å². The maximum atomic E-state index is 12.3. The number of nitrogens with one attached hydrogen (secondary N) is 1. The molecule has 0 bridgehead atoms. The van der Waals surface area contributed by atoms with E-state index in [-0.39, 0.29) is 11.8 Å². The average molecular weight is 267 g/mol. The number of carbonyl (C=O) groups is 1. The van der Waals surface area contributed by atoms with Gasteiger partial charge in [0.15, 0.2) is 0 Å². The molecule has 0 aromatic rings. The summed E-state index contributed by atoms with van der Waals surface area (Å²) in [6.45, 7) is 4.91. The van der Waals surface area contributed by atoms with E-state index in [1.165, 1.54) is 12.8 Å². The van der Waals surface area contributed by atoms with E-state index in [0.717, 1.165) is 38.5 Å². The Balaban J connectivity index is 1.73. The van der Waals surface area contributed by atoms with Crippen LogP contribution in [0.5, 0.6) is 0 Å². The van der Waals surface area contributed by atoms with Crippen LogP contribution in [0.1, 0.15) is 65.2 Å². The molecule has 2 aliphatic carbocycles. The van der Waals surface area contributed by atoms with Gasteiger partial charge in [-0.05, 0) is 62.7 Å². The number of aliphatic hydroxyl groups is 1. The van der Waals surface area contributed by atoms with Crippen molar-refractivity contribution in [2.24, 2.45) is 17.3 Å². The summed E-state index contributed by atoms with van der Waals surface area (Å²) in [6, 6.07) is 0.352. The van der Waals surface area contributed by atoms with Crippen molar-refractivity contribution in [3.8, 4) is 0 Å². The molecule has 0 aliphatic heterocycles. The molecule has 2 aliphatic rings. The number of hydrogen-bond donors (Lipinski definition) is 2. The molecule has 3 nitrogen and oxygen atoms in total. The van der Waals surface area contributed by atoms with E-state index in [1.807, 2.05) is 0 Å². The van der Waals surface area contributed by atoms with Crippen LogP contribution in [0.15, 0.2) is 0 Å². The minimum absolute atomic E-state index is 0.239. The van der Waals surface area contributed by atoms with E-state index in [0.29, 0.717) is 24.0 Å². The molecule has 0 aromatic carbocycles. The molecule has 1 amide bonds. The van der Waals surface area contributed by atoms with Crippen molar-refractivity contribution in [2.75, 3.05) is 6.61 Å². The number of hydrogen-bond acceptors (Lipinski definition) is 2. The molecule has 0 spiro atoms. The van der Waals surface area contributed by atoms with Gasteiger partial charge in [0.25, 0.3) is 0 Å². The van der Waals surface area contributed by atoms with E-state index >= 15 is 0 Å². The van der Waals surface area contributed by atoms with E-state index in [9.17, 15) is 4.79 Å². The second-order valence-electron chi connectivity index (χ2n) is 7.35. The van der Waals surface area contributed by atoms with Crippen LogP contribution in [0.4, 0.5) is 0 Å². The van der Waals surface area contributed by atoms with Crippen molar-refractivity contribution in [2.45, 2.75) is 71.3 Å². The predicted molar refractivity (Wildman–Crippen MR) is 76.7 cm³/mol. The Hall–Kier alpha value is -0.570. The lowest BCUT2D eigenvalue weighted by Crippen LogP contribution is -2.42.